The van der Waals surface area contributed by atoms with E-state index in [4.69, 9.17) is 0 Å². The molecule has 0 aromatic heterocycles. The summed E-state index contributed by atoms with van der Waals surface area (Å²) in [5.41, 5.74) is 4.35. The van der Waals surface area contributed by atoms with E-state index in [1.54, 1.807) is 12.1 Å². The standard InChI is InChI=1S/C45H48N2O14S4/c1-44(2)39(46(5)35-17-15-31-33(42(35)44)23-29(62(50,51)52)25-37(31)64(56,57)58)19-13-27-10-9-11-28(22-27)14-20-40-45(3,4)43-34-24-30(63(53,54)55)26-38(65(59,60)61)32(34)16-18-36(43)47(40)21-8-6-7-12-41(48)49/h13-20,22-26H,6-12,21H2,1-5H3,(H4-,48,49,50,51,52,53,54,55,56,57,58,59,60,61)/p+1. The van der Waals surface area contributed by atoms with Crippen LogP contribution in [-0.4, -0.2) is 86.8 Å². The van der Waals surface area contributed by atoms with Crippen LogP contribution in [0.4, 0.5) is 11.4 Å². The highest BCUT2D eigenvalue weighted by Crippen LogP contribution is 2.52. The van der Waals surface area contributed by atoms with Crippen LogP contribution in [-0.2, 0) is 56.1 Å². The fourth-order valence-corrected chi connectivity index (χ4v) is 12.3. The summed E-state index contributed by atoms with van der Waals surface area (Å²) >= 11 is 0. The van der Waals surface area contributed by atoms with Gasteiger partial charge in [0.05, 0.1) is 15.2 Å². The monoisotopic (exact) mass is 969 g/mol. The van der Waals surface area contributed by atoms with E-state index in [1.807, 2.05) is 68.5 Å². The minimum Gasteiger partial charge on any atom is -0.481 e. The fourth-order valence-electron chi connectivity index (χ4n) is 9.64. The Bertz CT molecular complexity index is 3360. The van der Waals surface area contributed by atoms with Gasteiger partial charge in [0.1, 0.15) is 16.8 Å². The number of anilines is 1. The van der Waals surface area contributed by atoms with Crippen LogP contribution in [0, 0.1) is 0 Å². The molecule has 2 aliphatic heterocycles. The average molecular weight is 970 g/mol. The molecule has 0 atom stereocenters. The number of nitrogens with zero attached hydrogens (tertiary/aromatic N) is 2. The van der Waals surface area contributed by atoms with Gasteiger partial charge in [0, 0.05) is 58.2 Å². The summed E-state index contributed by atoms with van der Waals surface area (Å²) in [6.07, 6.45) is 13.9. The number of allylic oxidation sites excluding steroid dienone is 8. The molecule has 0 fully saturated rings. The van der Waals surface area contributed by atoms with E-state index in [2.05, 4.69) is 6.08 Å². The van der Waals surface area contributed by atoms with Gasteiger partial charge >= 0.3 is 5.97 Å². The molecule has 4 aromatic rings. The lowest BCUT2D eigenvalue weighted by molar-refractivity contribution is -0.401. The molecule has 0 saturated heterocycles. The zero-order valence-electron chi connectivity index (χ0n) is 36.1. The summed E-state index contributed by atoms with van der Waals surface area (Å²) in [7, 11) is -17.8. The van der Waals surface area contributed by atoms with Crippen molar-refractivity contribution in [2.24, 2.45) is 0 Å². The Balaban J connectivity index is 1.28. The predicted octanol–water partition coefficient (Wildman–Crippen LogP) is 7.91. The van der Waals surface area contributed by atoms with Crippen molar-refractivity contribution in [2.75, 3.05) is 18.5 Å². The Labute approximate surface area is 378 Å². The third kappa shape index (κ3) is 9.10. The van der Waals surface area contributed by atoms with E-state index >= 15 is 0 Å². The van der Waals surface area contributed by atoms with Crippen LogP contribution in [0.1, 0.15) is 83.8 Å². The van der Waals surface area contributed by atoms with E-state index in [0.717, 1.165) is 54.0 Å². The molecule has 346 valence electrons. The highest BCUT2D eigenvalue weighted by Gasteiger charge is 2.45. The van der Waals surface area contributed by atoms with E-state index in [0.29, 0.717) is 48.3 Å². The van der Waals surface area contributed by atoms with Crippen LogP contribution >= 0.6 is 0 Å². The number of carboxylic acid groups (broad SMARTS) is 1. The third-order valence-corrected chi connectivity index (χ3v) is 16.0. The lowest BCUT2D eigenvalue weighted by Crippen LogP contribution is -2.27. The summed E-state index contributed by atoms with van der Waals surface area (Å²) < 4.78 is 141. The molecule has 7 rings (SSSR count). The maximum Gasteiger partial charge on any atom is 0.303 e. The van der Waals surface area contributed by atoms with Crippen molar-refractivity contribution < 1.29 is 66.4 Å². The third-order valence-electron chi connectivity index (χ3n) is 12.6. The van der Waals surface area contributed by atoms with E-state index in [-0.39, 0.29) is 28.0 Å². The summed E-state index contributed by atoms with van der Waals surface area (Å²) in [4.78, 5) is 10.6. The number of carboxylic acids is 1. The maximum atomic E-state index is 12.6. The first-order valence-electron chi connectivity index (χ1n) is 20.6. The second-order valence-corrected chi connectivity index (χ2v) is 23.2. The number of hydrogen-bond donors (Lipinski definition) is 5. The SMILES string of the molecule is C[N+]1=C(/C=C/C2=CC(=C/C=C3\N(CCCCCC(=O)O)c4ccc5c(S(=O)(=O)O)cc(S(=O)(=O)O)cc5c4C3(C)C)/CCC2)C(C)(C)c2c1ccc1c(S(=O)(=O)O)cc(S(=O)(=O)O)cc21. The Morgan fingerprint density at radius 1 is 0.677 bits per heavy atom. The zero-order valence-corrected chi connectivity index (χ0v) is 39.4. The van der Waals surface area contributed by atoms with Crippen molar-refractivity contribution in [3.63, 3.8) is 0 Å². The largest absolute Gasteiger partial charge is 0.481 e. The number of unbranched alkanes of at least 4 members (excludes halogenated alkanes) is 2. The number of carbonyl (C=O) groups is 1. The van der Waals surface area contributed by atoms with Gasteiger partial charge in [-0.15, -0.1) is 0 Å². The van der Waals surface area contributed by atoms with Crippen LogP contribution in [0.3, 0.4) is 0 Å². The molecule has 16 nitrogen and oxygen atoms in total. The Kier molecular flexibility index (Phi) is 12.3. The van der Waals surface area contributed by atoms with Gasteiger partial charge in [0.2, 0.25) is 5.69 Å². The summed E-state index contributed by atoms with van der Waals surface area (Å²) in [5, 5.41) is 9.78. The first-order valence-corrected chi connectivity index (χ1v) is 26.3. The molecule has 1 aliphatic carbocycles. The van der Waals surface area contributed by atoms with Gasteiger partial charge in [0.25, 0.3) is 40.5 Å². The topological polar surface area (TPSA) is 261 Å². The minimum atomic E-state index is -4.94. The Morgan fingerprint density at radius 2 is 1.25 bits per heavy atom. The number of rotatable bonds is 13. The quantitative estimate of drug-likeness (QED) is 0.0484. The molecular weight excluding hydrogens is 921 g/mol. The van der Waals surface area contributed by atoms with E-state index in [9.17, 15) is 61.8 Å². The first kappa shape index (κ1) is 47.9. The number of hydrogen-bond acceptors (Lipinski definition) is 10. The highest BCUT2D eigenvalue weighted by atomic mass is 32.2. The van der Waals surface area contributed by atoms with Crippen molar-refractivity contribution in [3.8, 4) is 0 Å². The molecule has 0 radical (unpaired) electrons. The van der Waals surface area contributed by atoms with Gasteiger partial charge in [-0.1, -0.05) is 44.6 Å². The predicted molar refractivity (Wildman–Crippen MR) is 245 cm³/mol. The number of fused-ring (bicyclic) bond motifs is 6. The minimum absolute atomic E-state index is 0.00805. The van der Waals surface area contributed by atoms with Crippen molar-refractivity contribution in [1.82, 2.24) is 0 Å². The highest BCUT2D eigenvalue weighted by molar-refractivity contribution is 7.87. The van der Waals surface area contributed by atoms with Gasteiger partial charge in [-0.2, -0.15) is 38.2 Å². The van der Waals surface area contributed by atoms with Crippen LogP contribution in [0.2, 0.25) is 0 Å². The molecule has 2 heterocycles. The molecule has 0 amide bonds. The van der Waals surface area contributed by atoms with Gasteiger partial charge in [0.15, 0.2) is 5.71 Å². The molecule has 0 unspecified atom stereocenters. The lowest BCUT2D eigenvalue weighted by atomic mass is 9.78. The molecule has 65 heavy (non-hydrogen) atoms. The van der Waals surface area contributed by atoms with E-state index < -0.39 is 76.9 Å². The summed E-state index contributed by atoms with van der Waals surface area (Å²) in [6, 6.07) is 10.2. The van der Waals surface area contributed by atoms with Crippen molar-refractivity contribution in [1.29, 1.82) is 0 Å². The van der Waals surface area contributed by atoms with Crippen molar-refractivity contribution >= 4 is 85.1 Å². The van der Waals surface area contributed by atoms with Crippen molar-refractivity contribution in [3.05, 3.63) is 107 Å². The molecule has 0 bridgehead atoms. The lowest BCUT2D eigenvalue weighted by Gasteiger charge is -2.27. The smallest absolute Gasteiger partial charge is 0.303 e. The maximum absolute atomic E-state index is 12.6. The second kappa shape index (κ2) is 16.7. The van der Waals surface area contributed by atoms with Gasteiger partial charge < -0.3 is 10.0 Å². The molecule has 4 aromatic carbocycles. The number of aliphatic carboxylic acids is 1. The van der Waals surface area contributed by atoms with Gasteiger partial charge in [-0.25, -0.2) is 0 Å². The normalized spacial score (nSPS) is 18.9. The molecule has 5 N–H and O–H groups in total. The molecule has 20 heteroatoms. The van der Waals surface area contributed by atoms with Crippen LogP contribution < -0.4 is 4.90 Å². The van der Waals surface area contributed by atoms with Crippen molar-refractivity contribution in [2.45, 2.75) is 103 Å². The zero-order chi connectivity index (χ0) is 47.8. The Hall–Kier alpha value is -5.06. The average Bonchev–Trinajstić information content (AvgIpc) is 3.53. The van der Waals surface area contributed by atoms with Crippen LogP contribution in [0.25, 0.3) is 21.5 Å². The first-order chi connectivity index (χ1) is 30.0. The fraction of sp³-hybridized carbons (Fsp3) is 0.333. The van der Waals surface area contributed by atoms with Crippen LogP contribution in [0.5, 0.6) is 0 Å². The Morgan fingerprint density at radius 3 is 1.80 bits per heavy atom. The van der Waals surface area contributed by atoms with Crippen LogP contribution in [0.15, 0.2) is 115 Å². The number of benzene rings is 4. The summed E-state index contributed by atoms with van der Waals surface area (Å²) in [5.74, 6) is -0.902. The molecule has 0 spiro atoms. The van der Waals surface area contributed by atoms with Gasteiger partial charge in [-0.3, -0.25) is 23.0 Å². The summed E-state index contributed by atoms with van der Waals surface area (Å²) in [6.45, 7) is 8.07. The van der Waals surface area contributed by atoms with Gasteiger partial charge in [-0.05, 0) is 116 Å². The second-order valence-electron chi connectivity index (χ2n) is 17.6. The molecule has 0 saturated carbocycles. The van der Waals surface area contributed by atoms with E-state index in [1.165, 1.54) is 24.3 Å². The molecular formula is C45H49N2O14S4+. The molecule has 3 aliphatic rings.